The van der Waals surface area contributed by atoms with Crippen molar-refractivity contribution in [3.8, 4) is 11.5 Å². The Morgan fingerprint density at radius 2 is 1.94 bits per heavy atom. The van der Waals surface area contributed by atoms with Crippen LogP contribution in [0.3, 0.4) is 0 Å². The number of rotatable bonds is 8. The largest absolute Gasteiger partial charge is 0.451 e. The van der Waals surface area contributed by atoms with Crippen molar-refractivity contribution >= 4 is 11.7 Å². The lowest BCUT2D eigenvalue weighted by molar-refractivity contribution is -0.418. The van der Waals surface area contributed by atoms with Gasteiger partial charge in [-0.25, -0.2) is 14.4 Å². The van der Waals surface area contributed by atoms with Crippen LogP contribution in [0.25, 0.3) is 0 Å². The number of halogens is 1. The summed E-state index contributed by atoms with van der Waals surface area (Å²) >= 11 is 0. The smallest absolute Gasteiger partial charge is 0.258 e. The number of aliphatic hydroxyl groups excluding tert-OH is 1. The number of carbonyl (C=O) groups is 1. The number of carbonyl (C=O) groups excluding carboxylic acids is 1. The number of anilines is 1. The van der Waals surface area contributed by atoms with E-state index in [9.17, 15) is 14.3 Å². The molecule has 1 amide bonds. The first-order valence-corrected chi connectivity index (χ1v) is 11.4. The van der Waals surface area contributed by atoms with Gasteiger partial charge in [0.2, 0.25) is 0 Å². The van der Waals surface area contributed by atoms with Gasteiger partial charge in [-0.15, -0.1) is 0 Å². The summed E-state index contributed by atoms with van der Waals surface area (Å²) in [5.74, 6) is 0.358. The van der Waals surface area contributed by atoms with Crippen LogP contribution in [0.5, 0.6) is 11.5 Å². The molecule has 0 saturated heterocycles. The number of nitrogens with zero attached hydrogens (tertiary/aromatic N) is 4. The molecule has 2 aromatic rings. The molecule has 1 aliphatic rings. The van der Waals surface area contributed by atoms with Crippen LogP contribution in [0.4, 0.5) is 10.2 Å². The highest BCUT2D eigenvalue weighted by Gasteiger charge is 2.34. The summed E-state index contributed by atoms with van der Waals surface area (Å²) in [5, 5.41) is 10.3. The number of aromatic nitrogens is 2. The van der Waals surface area contributed by atoms with Gasteiger partial charge >= 0.3 is 0 Å². The number of hydrogen-bond acceptors (Lipinski definition) is 6. The Hall–Kier alpha value is -2.78. The van der Waals surface area contributed by atoms with Crippen LogP contribution < -0.4 is 15.4 Å². The zero-order chi connectivity index (χ0) is 24.3. The molecule has 1 aromatic carbocycles. The van der Waals surface area contributed by atoms with Crippen molar-refractivity contribution in [1.82, 2.24) is 14.9 Å². The van der Waals surface area contributed by atoms with Gasteiger partial charge in [0, 0.05) is 44.4 Å². The maximum absolute atomic E-state index is 14.1. The molecule has 3 rings (SSSR count). The summed E-state index contributed by atoms with van der Waals surface area (Å²) in [4.78, 5) is 25.3. The molecule has 1 heterocycles. The standard InChI is InChI=1S/C24H34FN5O3/c1-14(2)30(15(3)4)24(32)19-9-17(25)6-7-21(19)33-22-11-27-13-28-23(22)29(5)12-16-8-18(26)10-20(16)31/h6-7,9,11,13-16,18,20,31H,8,10,12,26H2,1-5H3/p+1. The Morgan fingerprint density at radius 1 is 1.24 bits per heavy atom. The lowest BCUT2D eigenvalue weighted by Crippen LogP contribution is -2.59. The highest BCUT2D eigenvalue weighted by atomic mass is 19.1. The molecule has 0 radical (unpaired) electrons. The second-order valence-corrected chi connectivity index (χ2v) is 9.40. The Balaban J connectivity index is 1.90. The summed E-state index contributed by atoms with van der Waals surface area (Å²) in [7, 11) is 1.87. The van der Waals surface area contributed by atoms with Crippen LogP contribution in [0.1, 0.15) is 50.9 Å². The van der Waals surface area contributed by atoms with Gasteiger partial charge in [-0.2, -0.15) is 0 Å². The van der Waals surface area contributed by atoms with Crippen molar-refractivity contribution in [2.24, 2.45) is 5.92 Å². The average Bonchev–Trinajstić information content (AvgIpc) is 3.05. The fourth-order valence-corrected chi connectivity index (χ4v) is 4.60. The zero-order valence-corrected chi connectivity index (χ0v) is 20.0. The lowest BCUT2D eigenvalue weighted by atomic mass is 10.1. The van der Waals surface area contributed by atoms with E-state index in [1.165, 1.54) is 30.7 Å². The third-order valence-corrected chi connectivity index (χ3v) is 6.02. The molecule has 180 valence electrons. The van der Waals surface area contributed by atoms with E-state index in [4.69, 9.17) is 4.74 Å². The second kappa shape index (κ2) is 10.4. The number of aliphatic hydroxyl groups is 1. The van der Waals surface area contributed by atoms with Gasteiger partial charge in [0.1, 0.15) is 17.9 Å². The molecule has 0 bridgehead atoms. The van der Waals surface area contributed by atoms with Crippen LogP contribution in [-0.4, -0.2) is 63.7 Å². The maximum atomic E-state index is 14.1. The zero-order valence-electron chi connectivity index (χ0n) is 20.0. The number of hydrogen-bond donors (Lipinski definition) is 2. The minimum Gasteiger partial charge on any atom is -0.451 e. The average molecular weight is 461 g/mol. The molecular formula is C24H35FN5O3+. The monoisotopic (exact) mass is 460 g/mol. The molecular weight excluding hydrogens is 425 g/mol. The molecule has 8 nitrogen and oxygen atoms in total. The molecule has 4 N–H and O–H groups in total. The molecule has 3 atom stereocenters. The Bertz CT molecular complexity index is 963. The van der Waals surface area contributed by atoms with Crippen molar-refractivity contribution in [2.75, 3.05) is 18.5 Å². The number of amides is 1. The van der Waals surface area contributed by atoms with Gasteiger partial charge < -0.3 is 25.4 Å². The van der Waals surface area contributed by atoms with Crippen molar-refractivity contribution in [3.05, 3.63) is 42.1 Å². The van der Waals surface area contributed by atoms with Crippen LogP contribution >= 0.6 is 0 Å². The minimum atomic E-state index is -0.516. The van der Waals surface area contributed by atoms with Gasteiger partial charge in [-0.1, -0.05) is 0 Å². The number of benzene rings is 1. The summed E-state index contributed by atoms with van der Waals surface area (Å²) in [6.45, 7) is 8.25. The van der Waals surface area contributed by atoms with Crippen LogP contribution in [0, 0.1) is 11.7 Å². The van der Waals surface area contributed by atoms with Gasteiger partial charge in [0.05, 0.1) is 23.9 Å². The van der Waals surface area contributed by atoms with E-state index in [-0.39, 0.29) is 41.3 Å². The van der Waals surface area contributed by atoms with E-state index in [1.807, 2.05) is 39.6 Å². The number of quaternary nitrogens is 1. The van der Waals surface area contributed by atoms with Gasteiger partial charge in [0.25, 0.3) is 5.91 Å². The highest BCUT2D eigenvalue weighted by Crippen LogP contribution is 2.34. The lowest BCUT2D eigenvalue weighted by Gasteiger charge is -2.31. The quantitative estimate of drug-likeness (QED) is 0.627. The normalized spacial score (nSPS) is 20.4. The van der Waals surface area contributed by atoms with Crippen LogP contribution in [0.15, 0.2) is 30.7 Å². The van der Waals surface area contributed by atoms with Crippen molar-refractivity contribution in [2.45, 2.75) is 64.8 Å². The Kier molecular flexibility index (Phi) is 7.86. The molecule has 1 aromatic heterocycles. The predicted octanol–water partition coefficient (Wildman–Crippen LogP) is 2.48. The molecule has 9 heteroatoms. The predicted molar refractivity (Wildman–Crippen MR) is 124 cm³/mol. The Morgan fingerprint density at radius 3 is 2.55 bits per heavy atom. The van der Waals surface area contributed by atoms with Crippen molar-refractivity contribution < 1.29 is 24.8 Å². The molecule has 1 aliphatic carbocycles. The molecule has 0 aliphatic heterocycles. The first-order valence-electron chi connectivity index (χ1n) is 11.4. The first kappa shape index (κ1) is 24.9. The van der Waals surface area contributed by atoms with E-state index in [0.717, 1.165) is 6.42 Å². The van der Waals surface area contributed by atoms with Gasteiger partial charge in [-0.05, 0) is 45.9 Å². The third kappa shape index (κ3) is 5.78. The first-order chi connectivity index (χ1) is 15.6. The topological polar surface area (TPSA) is 106 Å². The molecule has 1 saturated carbocycles. The second-order valence-electron chi connectivity index (χ2n) is 9.40. The van der Waals surface area contributed by atoms with E-state index < -0.39 is 11.9 Å². The van der Waals surface area contributed by atoms with Crippen LogP contribution in [-0.2, 0) is 0 Å². The van der Waals surface area contributed by atoms with E-state index in [0.29, 0.717) is 24.5 Å². The van der Waals surface area contributed by atoms with E-state index in [1.54, 1.807) is 4.90 Å². The molecule has 33 heavy (non-hydrogen) atoms. The number of ether oxygens (including phenoxy) is 1. The maximum Gasteiger partial charge on any atom is 0.258 e. The van der Waals surface area contributed by atoms with Crippen molar-refractivity contribution in [3.63, 3.8) is 0 Å². The van der Waals surface area contributed by atoms with Gasteiger partial charge in [0.15, 0.2) is 11.6 Å². The van der Waals surface area contributed by atoms with E-state index >= 15 is 0 Å². The summed E-state index contributed by atoms with van der Waals surface area (Å²) in [6.07, 6.45) is 4.07. The fraction of sp³-hybridized carbons (Fsp3) is 0.542. The highest BCUT2D eigenvalue weighted by molar-refractivity contribution is 5.97. The SMILES string of the molecule is CC(C)N(C(=O)c1cc(F)ccc1Oc1cncnc1N(C)CC1CC([NH3+])CC1O)C(C)C. The summed E-state index contributed by atoms with van der Waals surface area (Å²) < 4.78 is 20.2. The summed E-state index contributed by atoms with van der Waals surface area (Å²) in [5.41, 5.74) is 4.21. The Labute approximate surface area is 194 Å². The third-order valence-electron chi connectivity index (χ3n) is 6.02. The van der Waals surface area contributed by atoms with Crippen LogP contribution in [0.2, 0.25) is 0 Å². The molecule has 1 fully saturated rings. The fourth-order valence-electron chi connectivity index (χ4n) is 4.60. The minimum absolute atomic E-state index is 0.0647. The van der Waals surface area contributed by atoms with Crippen molar-refractivity contribution in [1.29, 1.82) is 0 Å². The summed E-state index contributed by atoms with van der Waals surface area (Å²) in [6, 6.07) is 4.02. The van der Waals surface area contributed by atoms with Gasteiger partial charge in [-0.3, -0.25) is 4.79 Å². The van der Waals surface area contributed by atoms with E-state index in [2.05, 4.69) is 15.7 Å². The molecule has 3 unspecified atom stereocenters. The molecule has 0 spiro atoms.